The summed E-state index contributed by atoms with van der Waals surface area (Å²) in [7, 11) is -2.27. The molecule has 5 rings (SSSR count). The zero-order valence-corrected chi connectivity index (χ0v) is 24.2. The number of hydrogen-bond acceptors (Lipinski definition) is 7. The summed E-state index contributed by atoms with van der Waals surface area (Å²) >= 11 is 12.7. The first-order valence-electron chi connectivity index (χ1n) is 12.6. The molecule has 1 aliphatic rings. The summed E-state index contributed by atoms with van der Waals surface area (Å²) < 4.78 is 30.4. The first-order valence-corrected chi connectivity index (χ1v) is 15.7. The van der Waals surface area contributed by atoms with Crippen LogP contribution in [0.3, 0.4) is 0 Å². The number of nitrogens with zero attached hydrogens (tertiary/aromatic N) is 5. The summed E-state index contributed by atoms with van der Waals surface area (Å²) in [5, 5.41) is 6.75. The van der Waals surface area contributed by atoms with E-state index in [9.17, 15) is 4.21 Å². The molecule has 1 aromatic carbocycles. The monoisotopic (exact) mass is 585 g/mol. The average Bonchev–Trinajstić information content (AvgIpc) is 3.26. The summed E-state index contributed by atoms with van der Waals surface area (Å²) in [6.07, 6.45) is 14.4. The molecule has 4 aromatic rings. The number of ether oxygens (including phenoxy) is 2. The fourth-order valence-corrected chi connectivity index (χ4v) is 5.73. The molecule has 1 unspecified atom stereocenters. The van der Waals surface area contributed by atoms with E-state index in [1.165, 1.54) is 0 Å². The molecule has 0 bridgehead atoms. The lowest BCUT2D eigenvalue weighted by atomic mass is 10.1. The van der Waals surface area contributed by atoms with E-state index in [0.29, 0.717) is 33.8 Å². The molecule has 0 N–H and O–H groups in total. The third-order valence-electron chi connectivity index (χ3n) is 6.26. The van der Waals surface area contributed by atoms with E-state index in [2.05, 4.69) is 14.3 Å². The summed E-state index contributed by atoms with van der Waals surface area (Å²) in [4.78, 5) is 8.35. The maximum absolute atomic E-state index is 11.9. The van der Waals surface area contributed by atoms with Crippen molar-refractivity contribution in [2.24, 2.45) is 4.36 Å². The lowest BCUT2D eigenvalue weighted by Crippen LogP contribution is -2.19. The molecule has 3 aromatic heterocycles. The number of aromatic nitrogens is 4. The zero-order valence-electron chi connectivity index (χ0n) is 21.9. The van der Waals surface area contributed by atoms with Crippen LogP contribution in [0.5, 0.6) is 5.75 Å². The third kappa shape index (κ3) is 6.61. The fourth-order valence-electron chi connectivity index (χ4n) is 4.50. The second kappa shape index (κ2) is 11.6. The smallest absolute Gasteiger partial charge is 0.161 e. The molecule has 4 heterocycles. The van der Waals surface area contributed by atoms with Gasteiger partial charge in [0.15, 0.2) is 12.0 Å². The topological polar surface area (TPSA) is 91.5 Å². The fraction of sp³-hybridized carbons (Fsp3) is 0.321. The number of hydrogen-bond donors (Lipinski definition) is 0. The Bertz CT molecular complexity index is 1610. The van der Waals surface area contributed by atoms with Gasteiger partial charge in [0.05, 0.1) is 21.3 Å². The van der Waals surface area contributed by atoms with Crippen molar-refractivity contribution < 1.29 is 13.7 Å². The molecule has 0 saturated carbocycles. The minimum absolute atomic E-state index is 0.121. The number of fused-ring (bicyclic) bond motifs is 1. The Labute approximate surface area is 238 Å². The SMILES string of the molecule is C[C@H](Oc1ccc2c(c1)c(/C=C/c1ccc(N=S(C)(C)=O)nc1)nn2C1CCCCO1)c1c(Cl)cncc1Cl. The predicted molar refractivity (Wildman–Crippen MR) is 157 cm³/mol. The van der Waals surface area contributed by atoms with Gasteiger partial charge in [-0.25, -0.2) is 13.9 Å². The average molecular weight is 587 g/mol. The molecule has 0 radical (unpaired) electrons. The highest BCUT2D eigenvalue weighted by molar-refractivity contribution is 7.92. The molecule has 204 valence electrons. The first-order chi connectivity index (χ1) is 18.7. The van der Waals surface area contributed by atoms with Gasteiger partial charge in [-0.2, -0.15) is 9.46 Å². The van der Waals surface area contributed by atoms with Gasteiger partial charge in [0, 0.05) is 58.4 Å². The highest BCUT2D eigenvalue weighted by Gasteiger charge is 2.22. The van der Waals surface area contributed by atoms with Gasteiger partial charge in [-0.05, 0) is 68.2 Å². The summed E-state index contributed by atoms with van der Waals surface area (Å²) in [6, 6.07) is 9.53. The van der Waals surface area contributed by atoms with Crippen LogP contribution in [0.15, 0.2) is 53.3 Å². The maximum Gasteiger partial charge on any atom is 0.161 e. The van der Waals surface area contributed by atoms with Crippen LogP contribution in [-0.2, 0) is 14.5 Å². The van der Waals surface area contributed by atoms with Crippen LogP contribution < -0.4 is 4.74 Å². The van der Waals surface area contributed by atoms with Crippen molar-refractivity contribution in [1.29, 1.82) is 0 Å². The van der Waals surface area contributed by atoms with E-state index < -0.39 is 15.8 Å². The van der Waals surface area contributed by atoms with Gasteiger partial charge < -0.3 is 9.47 Å². The van der Waals surface area contributed by atoms with Gasteiger partial charge >= 0.3 is 0 Å². The van der Waals surface area contributed by atoms with Crippen LogP contribution in [0.1, 0.15) is 55.3 Å². The Hall–Kier alpha value is -2.98. The Morgan fingerprint density at radius 1 is 1.13 bits per heavy atom. The Kier molecular flexibility index (Phi) is 8.23. The van der Waals surface area contributed by atoms with E-state index in [0.717, 1.165) is 41.4 Å². The highest BCUT2D eigenvalue weighted by Crippen LogP contribution is 2.35. The van der Waals surface area contributed by atoms with Crippen LogP contribution in [-0.4, -0.2) is 43.1 Å². The van der Waals surface area contributed by atoms with E-state index in [1.54, 1.807) is 37.2 Å². The Morgan fingerprint density at radius 3 is 2.59 bits per heavy atom. The molecule has 11 heteroatoms. The Balaban J connectivity index is 1.49. The van der Waals surface area contributed by atoms with Crippen LogP contribution in [0.2, 0.25) is 10.0 Å². The quantitative estimate of drug-likeness (QED) is 0.223. The van der Waals surface area contributed by atoms with E-state index >= 15 is 0 Å². The van der Waals surface area contributed by atoms with E-state index in [4.69, 9.17) is 37.8 Å². The van der Waals surface area contributed by atoms with Crippen LogP contribution in [0.25, 0.3) is 23.1 Å². The number of pyridine rings is 2. The summed E-state index contributed by atoms with van der Waals surface area (Å²) in [5.41, 5.74) is 3.28. The number of benzene rings is 1. The highest BCUT2D eigenvalue weighted by atomic mass is 35.5. The lowest BCUT2D eigenvalue weighted by Gasteiger charge is -2.23. The maximum atomic E-state index is 11.9. The van der Waals surface area contributed by atoms with Crippen molar-refractivity contribution in [2.45, 2.75) is 38.5 Å². The Morgan fingerprint density at radius 2 is 1.92 bits per heavy atom. The van der Waals surface area contributed by atoms with Gasteiger partial charge in [0.2, 0.25) is 0 Å². The molecule has 1 aliphatic heterocycles. The van der Waals surface area contributed by atoms with Crippen molar-refractivity contribution >= 4 is 61.8 Å². The third-order valence-corrected chi connectivity index (χ3v) is 7.49. The molecule has 1 saturated heterocycles. The van der Waals surface area contributed by atoms with Crippen molar-refractivity contribution in [3.8, 4) is 5.75 Å². The minimum Gasteiger partial charge on any atom is -0.486 e. The van der Waals surface area contributed by atoms with Crippen LogP contribution >= 0.6 is 23.2 Å². The van der Waals surface area contributed by atoms with E-state index in [-0.39, 0.29) is 6.23 Å². The van der Waals surface area contributed by atoms with Gasteiger partial charge in [0.1, 0.15) is 11.9 Å². The molecular formula is C28H29Cl2N5O3S. The van der Waals surface area contributed by atoms with Crippen molar-refractivity contribution in [2.75, 3.05) is 19.1 Å². The molecule has 8 nitrogen and oxygen atoms in total. The molecule has 1 fully saturated rings. The van der Waals surface area contributed by atoms with Crippen molar-refractivity contribution in [3.63, 3.8) is 0 Å². The molecular weight excluding hydrogens is 557 g/mol. The predicted octanol–water partition coefficient (Wildman–Crippen LogP) is 7.50. The van der Waals surface area contributed by atoms with Gasteiger partial charge in [-0.1, -0.05) is 29.3 Å². The normalized spacial score (nSPS) is 17.0. The molecule has 0 spiro atoms. The minimum atomic E-state index is -2.27. The van der Waals surface area contributed by atoms with Gasteiger partial charge in [-0.15, -0.1) is 0 Å². The van der Waals surface area contributed by atoms with Gasteiger partial charge in [-0.3, -0.25) is 4.98 Å². The lowest BCUT2D eigenvalue weighted by molar-refractivity contribution is -0.0367. The molecule has 2 atom stereocenters. The van der Waals surface area contributed by atoms with Crippen molar-refractivity contribution in [3.05, 3.63) is 75.8 Å². The second-order valence-electron chi connectivity index (χ2n) is 9.66. The summed E-state index contributed by atoms with van der Waals surface area (Å²) in [5.74, 6) is 1.10. The van der Waals surface area contributed by atoms with Gasteiger partial charge in [0.25, 0.3) is 0 Å². The van der Waals surface area contributed by atoms with E-state index in [1.807, 2.05) is 48.0 Å². The van der Waals surface area contributed by atoms with Crippen molar-refractivity contribution in [1.82, 2.24) is 19.7 Å². The second-order valence-corrected chi connectivity index (χ2v) is 13.0. The molecule has 0 amide bonds. The molecule has 39 heavy (non-hydrogen) atoms. The zero-order chi connectivity index (χ0) is 27.6. The summed E-state index contributed by atoms with van der Waals surface area (Å²) in [6.45, 7) is 2.62. The number of halogens is 2. The first kappa shape index (κ1) is 27.6. The standard InChI is InChI=1S/C28H29Cl2N5O3S/c1-18(28-22(29)16-31-17-23(28)30)38-20-9-11-25-21(14-20)24(33-35(25)27-6-4-5-13-37-27)10-7-19-8-12-26(32-15-19)34-39(2,3)36/h7-12,14-18,27H,4-6,13H2,1-3H3/b10-7+/t18-,27?/m0/s1. The number of rotatable bonds is 7. The van der Waals surface area contributed by atoms with Crippen LogP contribution in [0.4, 0.5) is 5.82 Å². The molecule has 0 aliphatic carbocycles. The van der Waals surface area contributed by atoms with Crippen LogP contribution in [0, 0.1) is 0 Å². The largest absolute Gasteiger partial charge is 0.486 e.